The molecule has 0 aliphatic heterocycles. The number of benzene rings is 1. The number of sulfonamides is 1. The molecule has 1 aromatic rings. The second-order valence-corrected chi connectivity index (χ2v) is 8.28. The van der Waals surface area contributed by atoms with E-state index in [-0.39, 0.29) is 6.04 Å². The zero-order valence-corrected chi connectivity index (χ0v) is 13.0. The third kappa shape index (κ3) is 2.63. The van der Waals surface area contributed by atoms with Crippen LogP contribution in [0, 0.1) is 24.7 Å². The average molecular weight is 293 g/mol. The van der Waals surface area contributed by atoms with E-state index >= 15 is 0 Å². The Morgan fingerprint density at radius 1 is 1.15 bits per heavy atom. The summed E-state index contributed by atoms with van der Waals surface area (Å²) in [7, 11) is -3.38. The molecule has 4 atom stereocenters. The fraction of sp³-hybridized carbons (Fsp3) is 0.625. The van der Waals surface area contributed by atoms with Crippen LogP contribution in [0.15, 0.2) is 29.2 Å². The SMILES string of the molecule is Cc1ccc(S(=O)(=O)N[C@@H](C)[C@@H]2C[C@@H]3CC[C@@H]2C3)cc1. The van der Waals surface area contributed by atoms with Crippen molar-refractivity contribution >= 4 is 10.0 Å². The van der Waals surface area contributed by atoms with E-state index in [1.807, 2.05) is 26.0 Å². The van der Waals surface area contributed by atoms with E-state index in [4.69, 9.17) is 0 Å². The van der Waals surface area contributed by atoms with Gasteiger partial charge in [0.05, 0.1) is 4.90 Å². The first-order valence-corrected chi connectivity index (χ1v) is 9.03. The summed E-state index contributed by atoms with van der Waals surface area (Å²) in [4.78, 5) is 0.373. The second-order valence-electron chi connectivity index (χ2n) is 6.56. The molecule has 2 saturated carbocycles. The Hall–Kier alpha value is -0.870. The number of nitrogens with one attached hydrogen (secondary N) is 1. The summed E-state index contributed by atoms with van der Waals surface area (Å²) in [5.74, 6) is 2.10. The van der Waals surface area contributed by atoms with Crippen LogP contribution < -0.4 is 4.72 Å². The second kappa shape index (κ2) is 5.15. The van der Waals surface area contributed by atoms with Crippen LogP contribution in [0.4, 0.5) is 0 Å². The summed E-state index contributed by atoms with van der Waals surface area (Å²) in [6.07, 6.45) is 5.13. The zero-order chi connectivity index (χ0) is 14.3. The van der Waals surface area contributed by atoms with Gasteiger partial charge in [0.25, 0.3) is 0 Å². The van der Waals surface area contributed by atoms with Crippen LogP contribution in [0.5, 0.6) is 0 Å². The summed E-state index contributed by atoms with van der Waals surface area (Å²) < 4.78 is 27.7. The van der Waals surface area contributed by atoms with Gasteiger partial charge < -0.3 is 0 Å². The quantitative estimate of drug-likeness (QED) is 0.927. The molecular weight excluding hydrogens is 270 g/mol. The zero-order valence-electron chi connectivity index (χ0n) is 12.2. The highest BCUT2D eigenvalue weighted by atomic mass is 32.2. The molecule has 0 heterocycles. The lowest BCUT2D eigenvalue weighted by Gasteiger charge is -2.28. The van der Waals surface area contributed by atoms with Gasteiger partial charge in [-0.05, 0) is 63.0 Å². The first-order chi connectivity index (χ1) is 9.45. The predicted octanol–water partition coefficient (Wildman–Crippen LogP) is 3.10. The van der Waals surface area contributed by atoms with Gasteiger partial charge in [0, 0.05) is 6.04 Å². The Bertz CT molecular complexity index is 579. The van der Waals surface area contributed by atoms with Crippen LogP contribution in [0.2, 0.25) is 0 Å². The van der Waals surface area contributed by atoms with Crippen molar-refractivity contribution in [3.63, 3.8) is 0 Å². The van der Waals surface area contributed by atoms with Gasteiger partial charge in [-0.1, -0.05) is 24.1 Å². The molecule has 0 spiro atoms. The molecule has 1 N–H and O–H groups in total. The summed E-state index contributed by atoms with van der Waals surface area (Å²) in [5, 5.41) is 0. The fourth-order valence-corrected chi connectivity index (χ4v) is 5.32. The third-order valence-electron chi connectivity index (χ3n) is 5.11. The summed E-state index contributed by atoms with van der Waals surface area (Å²) in [6, 6.07) is 7.10. The molecule has 110 valence electrons. The number of fused-ring (bicyclic) bond motifs is 2. The van der Waals surface area contributed by atoms with Crippen molar-refractivity contribution in [3.05, 3.63) is 29.8 Å². The molecule has 0 saturated heterocycles. The van der Waals surface area contributed by atoms with E-state index < -0.39 is 10.0 Å². The topological polar surface area (TPSA) is 46.2 Å². The first kappa shape index (κ1) is 14.1. The van der Waals surface area contributed by atoms with Crippen molar-refractivity contribution in [2.24, 2.45) is 17.8 Å². The Morgan fingerprint density at radius 3 is 2.40 bits per heavy atom. The van der Waals surface area contributed by atoms with Gasteiger partial charge in [-0.2, -0.15) is 0 Å². The molecule has 1 aromatic carbocycles. The molecule has 4 heteroatoms. The summed E-state index contributed by atoms with van der Waals surface area (Å²) in [5.41, 5.74) is 1.07. The highest BCUT2D eigenvalue weighted by Crippen LogP contribution is 2.49. The molecule has 3 nitrogen and oxygen atoms in total. The maximum Gasteiger partial charge on any atom is 0.240 e. The minimum absolute atomic E-state index is 0.0385. The van der Waals surface area contributed by atoms with E-state index in [9.17, 15) is 8.42 Å². The molecule has 2 bridgehead atoms. The lowest BCUT2D eigenvalue weighted by molar-refractivity contribution is 0.280. The molecule has 2 aliphatic carbocycles. The highest BCUT2D eigenvalue weighted by molar-refractivity contribution is 7.89. The van der Waals surface area contributed by atoms with Gasteiger partial charge in [-0.3, -0.25) is 0 Å². The average Bonchev–Trinajstić information content (AvgIpc) is 3.01. The van der Waals surface area contributed by atoms with Gasteiger partial charge in [-0.25, -0.2) is 13.1 Å². The van der Waals surface area contributed by atoms with Gasteiger partial charge in [-0.15, -0.1) is 0 Å². The molecule has 3 rings (SSSR count). The monoisotopic (exact) mass is 293 g/mol. The largest absolute Gasteiger partial charge is 0.240 e. The Labute approximate surface area is 121 Å². The van der Waals surface area contributed by atoms with Crippen molar-refractivity contribution < 1.29 is 8.42 Å². The maximum absolute atomic E-state index is 12.4. The Balaban J connectivity index is 1.71. The Kier molecular flexibility index (Phi) is 3.63. The lowest BCUT2D eigenvalue weighted by atomic mass is 9.84. The molecule has 2 fully saturated rings. The van der Waals surface area contributed by atoms with Crippen molar-refractivity contribution in [2.75, 3.05) is 0 Å². The normalized spacial score (nSPS) is 30.6. The molecule has 0 amide bonds. The van der Waals surface area contributed by atoms with E-state index in [1.54, 1.807) is 12.1 Å². The van der Waals surface area contributed by atoms with Crippen molar-refractivity contribution in [2.45, 2.75) is 50.5 Å². The number of rotatable bonds is 4. The molecule has 2 aliphatic rings. The predicted molar refractivity (Wildman–Crippen MR) is 79.9 cm³/mol. The standard InChI is InChI=1S/C16H23NO2S/c1-11-3-7-15(8-4-11)20(18,19)17-12(2)16-10-13-5-6-14(16)9-13/h3-4,7-8,12-14,16-17H,5-6,9-10H2,1-2H3/t12-,13+,14+,16-/m0/s1. The van der Waals surface area contributed by atoms with E-state index in [0.717, 1.165) is 17.4 Å². The van der Waals surface area contributed by atoms with Crippen molar-refractivity contribution in [3.8, 4) is 0 Å². The van der Waals surface area contributed by atoms with Crippen molar-refractivity contribution in [1.82, 2.24) is 4.72 Å². The van der Waals surface area contributed by atoms with Crippen LogP contribution in [0.3, 0.4) is 0 Å². The Morgan fingerprint density at radius 2 is 1.85 bits per heavy atom. The van der Waals surface area contributed by atoms with Crippen molar-refractivity contribution in [1.29, 1.82) is 0 Å². The number of hydrogen-bond acceptors (Lipinski definition) is 2. The van der Waals surface area contributed by atoms with Gasteiger partial charge in [0.1, 0.15) is 0 Å². The van der Waals surface area contributed by atoms with E-state index in [2.05, 4.69) is 4.72 Å². The van der Waals surface area contributed by atoms with Crippen LogP contribution in [-0.4, -0.2) is 14.5 Å². The molecule has 0 aromatic heterocycles. The van der Waals surface area contributed by atoms with Gasteiger partial charge >= 0.3 is 0 Å². The van der Waals surface area contributed by atoms with Crippen LogP contribution in [0.1, 0.15) is 38.2 Å². The van der Waals surface area contributed by atoms with Gasteiger partial charge in [0.15, 0.2) is 0 Å². The number of hydrogen-bond donors (Lipinski definition) is 1. The van der Waals surface area contributed by atoms with Gasteiger partial charge in [0.2, 0.25) is 10.0 Å². The van der Waals surface area contributed by atoms with Crippen LogP contribution in [0.25, 0.3) is 0 Å². The van der Waals surface area contributed by atoms with E-state index in [0.29, 0.717) is 10.8 Å². The molecule has 0 unspecified atom stereocenters. The lowest BCUT2D eigenvalue weighted by Crippen LogP contribution is -2.40. The smallest absolute Gasteiger partial charge is 0.208 e. The first-order valence-electron chi connectivity index (χ1n) is 7.55. The third-order valence-corrected chi connectivity index (χ3v) is 6.68. The minimum Gasteiger partial charge on any atom is -0.208 e. The van der Waals surface area contributed by atoms with Crippen LogP contribution in [-0.2, 0) is 10.0 Å². The molecular formula is C16H23NO2S. The maximum atomic E-state index is 12.4. The minimum atomic E-state index is -3.38. The van der Waals surface area contributed by atoms with Crippen LogP contribution >= 0.6 is 0 Å². The summed E-state index contributed by atoms with van der Waals surface area (Å²) in [6.45, 7) is 3.98. The van der Waals surface area contributed by atoms with E-state index in [1.165, 1.54) is 25.7 Å². The number of aryl methyl sites for hydroxylation is 1. The highest BCUT2D eigenvalue weighted by Gasteiger charge is 2.42. The summed E-state index contributed by atoms with van der Waals surface area (Å²) >= 11 is 0. The molecule has 0 radical (unpaired) electrons. The molecule has 20 heavy (non-hydrogen) atoms. The fourth-order valence-electron chi connectivity index (χ4n) is 4.02.